The molecule has 0 saturated carbocycles. The number of rotatable bonds is 6. The topological polar surface area (TPSA) is 76.5 Å². The number of nitrogens with zero attached hydrogens (tertiary/aromatic N) is 6. The number of morpholine rings is 1. The van der Waals surface area contributed by atoms with Gasteiger partial charge in [0.05, 0.1) is 25.4 Å². The number of unbranched alkanes of at least 4 members (excludes halogenated alkanes) is 1. The molecule has 0 radical (unpaired) electrons. The lowest BCUT2D eigenvalue weighted by Gasteiger charge is -2.36. The van der Waals surface area contributed by atoms with Crippen molar-refractivity contribution in [3.8, 4) is 0 Å². The predicted octanol–water partition coefficient (Wildman–Crippen LogP) is 3.95. The highest BCUT2D eigenvalue weighted by Crippen LogP contribution is 2.44. The molecule has 0 N–H and O–H groups in total. The normalized spacial score (nSPS) is 18.3. The molecule has 3 aromatic heterocycles. The van der Waals surface area contributed by atoms with Gasteiger partial charge in [0, 0.05) is 43.5 Å². The van der Waals surface area contributed by atoms with E-state index in [9.17, 15) is 0 Å². The summed E-state index contributed by atoms with van der Waals surface area (Å²) in [6.07, 6.45) is 3.11. The van der Waals surface area contributed by atoms with Gasteiger partial charge in [-0.15, -0.1) is 21.5 Å². The average molecular weight is 457 g/mol. The minimum atomic E-state index is -0.225. The van der Waals surface area contributed by atoms with Crippen molar-refractivity contribution in [1.82, 2.24) is 20.4 Å². The van der Waals surface area contributed by atoms with Gasteiger partial charge in [0.15, 0.2) is 5.82 Å². The summed E-state index contributed by atoms with van der Waals surface area (Å²) in [6, 6.07) is 0. The number of ether oxygens (including phenoxy) is 2. The molecule has 32 heavy (non-hydrogen) atoms. The van der Waals surface area contributed by atoms with Crippen molar-refractivity contribution in [2.75, 3.05) is 49.2 Å². The van der Waals surface area contributed by atoms with Crippen LogP contribution < -0.4 is 9.80 Å². The minimum absolute atomic E-state index is 0.225. The molecule has 1 fully saturated rings. The van der Waals surface area contributed by atoms with E-state index in [0.717, 1.165) is 90.7 Å². The summed E-state index contributed by atoms with van der Waals surface area (Å²) in [4.78, 5) is 10.9. The number of hydrogen-bond donors (Lipinski definition) is 0. The van der Waals surface area contributed by atoms with Crippen LogP contribution in [-0.2, 0) is 22.5 Å². The molecule has 3 aromatic rings. The van der Waals surface area contributed by atoms with Gasteiger partial charge in [-0.25, -0.2) is 4.98 Å². The monoisotopic (exact) mass is 456 g/mol. The Labute approximate surface area is 192 Å². The number of hydrogen-bond acceptors (Lipinski definition) is 9. The quantitative estimate of drug-likeness (QED) is 0.552. The number of thiophene rings is 1. The lowest BCUT2D eigenvalue weighted by atomic mass is 9.90. The van der Waals surface area contributed by atoms with Crippen molar-refractivity contribution in [3.63, 3.8) is 0 Å². The van der Waals surface area contributed by atoms with Crippen LogP contribution in [-0.4, -0.2) is 65.4 Å². The van der Waals surface area contributed by atoms with Gasteiger partial charge in [-0.05, 0) is 38.0 Å². The van der Waals surface area contributed by atoms with Crippen LogP contribution in [0.1, 0.15) is 51.7 Å². The van der Waals surface area contributed by atoms with Crippen molar-refractivity contribution in [3.05, 3.63) is 11.1 Å². The largest absolute Gasteiger partial charge is 0.378 e. The smallest absolute Gasteiger partial charge is 0.172 e. The Hall–Kier alpha value is -2.10. The molecule has 5 rings (SSSR count). The van der Waals surface area contributed by atoms with Gasteiger partial charge in [-0.2, -0.15) is 0 Å². The fourth-order valence-corrected chi connectivity index (χ4v) is 5.86. The van der Waals surface area contributed by atoms with Gasteiger partial charge in [-0.1, -0.05) is 13.3 Å². The molecule has 1 saturated heterocycles. The van der Waals surface area contributed by atoms with E-state index in [1.165, 1.54) is 11.1 Å². The molecule has 0 aromatic carbocycles. The Kier molecular flexibility index (Phi) is 5.90. The molecule has 9 heteroatoms. The molecule has 8 nitrogen and oxygen atoms in total. The third-order valence-corrected chi connectivity index (χ3v) is 7.55. The van der Waals surface area contributed by atoms with E-state index in [4.69, 9.17) is 14.5 Å². The highest BCUT2D eigenvalue weighted by atomic mass is 32.1. The van der Waals surface area contributed by atoms with Crippen molar-refractivity contribution >= 4 is 43.4 Å². The first-order chi connectivity index (χ1) is 15.5. The second-order valence-electron chi connectivity index (χ2n) is 9.22. The molecule has 0 amide bonds. The molecule has 0 bridgehead atoms. The van der Waals surface area contributed by atoms with Crippen LogP contribution in [0.15, 0.2) is 0 Å². The van der Waals surface area contributed by atoms with Crippen LogP contribution in [0.25, 0.3) is 20.4 Å². The zero-order valence-corrected chi connectivity index (χ0v) is 20.3. The van der Waals surface area contributed by atoms with E-state index in [-0.39, 0.29) is 5.60 Å². The molecule has 0 aliphatic carbocycles. The van der Waals surface area contributed by atoms with Crippen LogP contribution in [0.4, 0.5) is 11.6 Å². The summed E-state index contributed by atoms with van der Waals surface area (Å²) >= 11 is 1.70. The maximum absolute atomic E-state index is 6.23. The summed E-state index contributed by atoms with van der Waals surface area (Å²) in [7, 11) is 0. The van der Waals surface area contributed by atoms with Crippen molar-refractivity contribution in [2.45, 2.75) is 59.2 Å². The number of aromatic nitrogens is 4. The van der Waals surface area contributed by atoms with E-state index >= 15 is 0 Å². The van der Waals surface area contributed by atoms with Crippen LogP contribution in [0.3, 0.4) is 0 Å². The SMILES string of the molecule is CCCCN(CC)c1nnnc2c1sc1nc(N3CCOCC3)c3c(c12)CC(C)(C)OC3. The Morgan fingerprint density at radius 1 is 1.12 bits per heavy atom. The van der Waals surface area contributed by atoms with Crippen LogP contribution in [0.2, 0.25) is 0 Å². The van der Waals surface area contributed by atoms with E-state index < -0.39 is 0 Å². The molecular weight excluding hydrogens is 424 g/mol. The third kappa shape index (κ3) is 3.80. The average Bonchev–Trinajstić information content (AvgIpc) is 3.18. The number of pyridine rings is 1. The first-order valence-electron chi connectivity index (χ1n) is 11.7. The molecular formula is C23H32N6O2S. The third-order valence-electron chi connectivity index (χ3n) is 6.48. The minimum Gasteiger partial charge on any atom is -0.378 e. The lowest BCUT2D eigenvalue weighted by molar-refractivity contribution is -0.0396. The highest BCUT2D eigenvalue weighted by molar-refractivity contribution is 7.26. The molecule has 0 atom stereocenters. The zero-order valence-electron chi connectivity index (χ0n) is 19.5. The zero-order chi connectivity index (χ0) is 22.3. The van der Waals surface area contributed by atoms with Crippen LogP contribution in [0, 0.1) is 0 Å². The molecule has 0 unspecified atom stereocenters. The molecule has 172 valence electrons. The first-order valence-corrected chi connectivity index (χ1v) is 12.5. The van der Waals surface area contributed by atoms with Crippen molar-refractivity contribution < 1.29 is 9.47 Å². The second kappa shape index (κ2) is 8.68. The van der Waals surface area contributed by atoms with Crippen molar-refractivity contribution in [2.24, 2.45) is 0 Å². The standard InChI is InChI=1S/C23H32N6O2S/c1-5-7-8-28(6-2)21-19-18(25-27-26-21)17-15-13-23(3,4)31-14-16(15)20(24-22(17)32-19)29-9-11-30-12-10-29/h5-14H2,1-4H3. The second-order valence-corrected chi connectivity index (χ2v) is 10.2. The van der Waals surface area contributed by atoms with E-state index in [2.05, 4.69) is 52.9 Å². The van der Waals surface area contributed by atoms with Gasteiger partial charge in [0.2, 0.25) is 0 Å². The van der Waals surface area contributed by atoms with Gasteiger partial charge < -0.3 is 19.3 Å². The maximum Gasteiger partial charge on any atom is 0.172 e. The fourth-order valence-electron chi connectivity index (χ4n) is 4.71. The maximum atomic E-state index is 6.23. The van der Waals surface area contributed by atoms with Gasteiger partial charge in [0.1, 0.15) is 20.9 Å². The fraction of sp³-hybridized carbons (Fsp3) is 0.652. The summed E-state index contributed by atoms with van der Waals surface area (Å²) in [5.41, 5.74) is 3.21. The van der Waals surface area contributed by atoms with Gasteiger partial charge in [-0.3, -0.25) is 0 Å². The Morgan fingerprint density at radius 3 is 2.69 bits per heavy atom. The molecule has 5 heterocycles. The summed E-state index contributed by atoms with van der Waals surface area (Å²) in [5, 5.41) is 14.3. The van der Waals surface area contributed by atoms with E-state index in [1.807, 2.05) is 0 Å². The number of fused-ring (bicyclic) bond motifs is 5. The van der Waals surface area contributed by atoms with Crippen LogP contribution in [0.5, 0.6) is 0 Å². The Morgan fingerprint density at radius 2 is 1.94 bits per heavy atom. The van der Waals surface area contributed by atoms with Gasteiger partial charge >= 0.3 is 0 Å². The van der Waals surface area contributed by atoms with E-state index in [0.29, 0.717) is 6.61 Å². The Bertz CT molecular complexity index is 1120. The predicted molar refractivity (Wildman–Crippen MR) is 129 cm³/mol. The number of anilines is 2. The highest BCUT2D eigenvalue weighted by Gasteiger charge is 2.33. The first kappa shape index (κ1) is 21.7. The molecule has 2 aliphatic rings. The lowest BCUT2D eigenvalue weighted by Crippen LogP contribution is -2.39. The van der Waals surface area contributed by atoms with Crippen molar-refractivity contribution in [1.29, 1.82) is 0 Å². The molecule has 0 spiro atoms. The van der Waals surface area contributed by atoms with Crippen LogP contribution >= 0.6 is 11.3 Å². The molecule has 2 aliphatic heterocycles. The Balaban J connectivity index is 1.73. The summed E-state index contributed by atoms with van der Waals surface area (Å²) in [6.45, 7) is 14.3. The van der Waals surface area contributed by atoms with E-state index in [1.54, 1.807) is 11.3 Å². The summed E-state index contributed by atoms with van der Waals surface area (Å²) < 4.78 is 12.9. The summed E-state index contributed by atoms with van der Waals surface area (Å²) in [5.74, 6) is 1.97. The van der Waals surface area contributed by atoms with Gasteiger partial charge in [0.25, 0.3) is 0 Å².